The molecule has 6 heteroatoms. The van der Waals surface area contributed by atoms with Gasteiger partial charge in [-0.2, -0.15) is 0 Å². The largest absolute Gasteiger partial charge is 0.492 e. The average molecular weight is 380 g/mol. The maximum Gasteiger partial charge on any atom is 0.258 e. The molecule has 0 aromatic heterocycles. The topological polar surface area (TPSA) is 76.7 Å². The summed E-state index contributed by atoms with van der Waals surface area (Å²) in [6, 6.07) is 11.7. The Morgan fingerprint density at radius 2 is 1.71 bits per heavy atom. The monoisotopic (exact) mass is 380 g/mol. The van der Waals surface area contributed by atoms with Gasteiger partial charge in [0.25, 0.3) is 5.91 Å². The zero-order valence-corrected chi connectivity index (χ0v) is 15.8. The van der Waals surface area contributed by atoms with E-state index >= 15 is 0 Å². The lowest BCUT2D eigenvalue weighted by Gasteiger charge is -2.17. The van der Waals surface area contributed by atoms with Crippen molar-refractivity contribution < 1.29 is 19.1 Å². The summed E-state index contributed by atoms with van der Waals surface area (Å²) in [6.07, 6.45) is 4.65. The summed E-state index contributed by atoms with van der Waals surface area (Å²) >= 11 is 0. The van der Waals surface area contributed by atoms with Gasteiger partial charge >= 0.3 is 0 Å². The normalized spacial score (nSPS) is 14.6. The highest BCUT2D eigenvalue weighted by Gasteiger charge is 2.15. The Bertz CT molecular complexity index is 894. The SMILES string of the molecule is O=C(COc1ccc2c(c1)CCC(=O)N2)NCCOc1ccc2c(c1)CCC2. The van der Waals surface area contributed by atoms with Crippen molar-refractivity contribution in [3.05, 3.63) is 53.1 Å². The van der Waals surface area contributed by atoms with E-state index in [0.717, 1.165) is 29.8 Å². The van der Waals surface area contributed by atoms with E-state index in [0.29, 0.717) is 31.7 Å². The number of hydrogen-bond acceptors (Lipinski definition) is 4. The van der Waals surface area contributed by atoms with Gasteiger partial charge < -0.3 is 20.1 Å². The zero-order valence-electron chi connectivity index (χ0n) is 15.8. The Hall–Kier alpha value is -3.02. The minimum Gasteiger partial charge on any atom is -0.492 e. The number of carbonyl (C=O) groups is 2. The van der Waals surface area contributed by atoms with E-state index in [4.69, 9.17) is 9.47 Å². The third-order valence-corrected chi connectivity index (χ3v) is 5.11. The first-order valence-corrected chi connectivity index (χ1v) is 9.74. The predicted molar refractivity (Wildman–Crippen MR) is 106 cm³/mol. The molecular weight excluding hydrogens is 356 g/mol. The van der Waals surface area contributed by atoms with E-state index in [-0.39, 0.29) is 18.4 Å². The van der Waals surface area contributed by atoms with Crippen molar-refractivity contribution in [1.29, 1.82) is 0 Å². The summed E-state index contributed by atoms with van der Waals surface area (Å²) in [6.45, 7) is 0.794. The lowest BCUT2D eigenvalue weighted by molar-refractivity contribution is -0.123. The molecular formula is C22H24N2O4. The number of carbonyl (C=O) groups excluding carboxylic acids is 2. The van der Waals surface area contributed by atoms with Crippen LogP contribution in [0.2, 0.25) is 0 Å². The van der Waals surface area contributed by atoms with Crippen LogP contribution < -0.4 is 20.1 Å². The molecule has 0 saturated carbocycles. The summed E-state index contributed by atoms with van der Waals surface area (Å²) in [7, 11) is 0. The van der Waals surface area contributed by atoms with Crippen LogP contribution >= 0.6 is 0 Å². The van der Waals surface area contributed by atoms with Gasteiger partial charge in [-0.15, -0.1) is 0 Å². The molecule has 2 amide bonds. The Morgan fingerprint density at radius 1 is 0.929 bits per heavy atom. The average Bonchev–Trinajstić information content (AvgIpc) is 3.17. The highest BCUT2D eigenvalue weighted by molar-refractivity contribution is 5.94. The first kappa shape index (κ1) is 18.3. The van der Waals surface area contributed by atoms with Crippen molar-refractivity contribution in [1.82, 2.24) is 5.32 Å². The first-order chi connectivity index (χ1) is 13.7. The second-order valence-electron chi connectivity index (χ2n) is 7.14. The molecule has 0 bridgehead atoms. The summed E-state index contributed by atoms with van der Waals surface area (Å²) < 4.78 is 11.3. The van der Waals surface area contributed by atoms with Crippen LogP contribution in [0.1, 0.15) is 29.5 Å². The van der Waals surface area contributed by atoms with E-state index in [2.05, 4.69) is 22.8 Å². The van der Waals surface area contributed by atoms with E-state index in [1.54, 1.807) is 6.07 Å². The van der Waals surface area contributed by atoms with Crippen LogP contribution in [0, 0.1) is 0 Å². The van der Waals surface area contributed by atoms with Crippen molar-refractivity contribution >= 4 is 17.5 Å². The van der Waals surface area contributed by atoms with Crippen LogP contribution in [-0.4, -0.2) is 31.6 Å². The van der Waals surface area contributed by atoms with Gasteiger partial charge in [0, 0.05) is 12.1 Å². The third-order valence-electron chi connectivity index (χ3n) is 5.11. The number of fused-ring (bicyclic) bond motifs is 2. The Morgan fingerprint density at radius 3 is 2.64 bits per heavy atom. The molecule has 6 nitrogen and oxygen atoms in total. The molecule has 1 heterocycles. The Labute approximate surface area is 164 Å². The summed E-state index contributed by atoms with van der Waals surface area (Å²) in [5, 5.41) is 5.62. The highest BCUT2D eigenvalue weighted by atomic mass is 16.5. The second-order valence-corrected chi connectivity index (χ2v) is 7.14. The molecule has 2 N–H and O–H groups in total. The molecule has 0 spiro atoms. The molecule has 2 aromatic rings. The van der Waals surface area contributed by atoms with Gasteiger partial charge in [0.15, 0.2) is 6.61 Å². The number of aryl methyl sites for hydroxylation is 3. The maximum absolute atomic E-state index is 12.0. The second kappa shape index (κ2) is 8.33. The van der Waals surface area contributed by atoms with E-state index in [1.165, 1.54) is 17.5 Å². The molecule has 1 aliphatic carbocycles. The van der Waals surface area contributed by atoms with E-state index < -0.39 is 0 Å². The van der Waals surface area contributed by atoms with Crippen LogP contribution in [-0.2, 0) is 28.9 Å². The van der Waals surface area contributed by atoms with Crippen molar-refractivity contribution in [3.63, 3.8) is 0 Å². The predicted octanol–water partition coefficient (Wildman–Crippen LogP) is 2.63. The van der Waals surface area contributed by atoms with Gasteiger partial charge in [0.1, 0.15) is 18.1 Å². The molecule has 0 atom stereocenters. The minimum atomic E-state index is -0.191. The van der Waals surface area contributed by atoms with Gasteiger partial charge in [-0.3, -0.25) is 9.59 Å². The molecule has 0 fully saturated rings. The van der Waals surface area contributed by atoms with Crippen molar-refractivity contribution in [2.45, 2.75) is 32.1 Å². The number of hydrogen-bond donors (Lipinski definition) is 2. The number of anilines is 1. The molecule has 0 unspecified atom stereocenters. The first-order valence-electron chi connectivity index (χ1n) is 9.74. The van der Waals surface area contributed by atoms with E-state index in [9.17, 15) is 9.59 Å². The van der Waals surface area contributed by atoms with Crippen molar-refractivity contribution in [3.8, 4) is 11.5 Å². The molecule has 4 rings (SSSR count). The fourth-order valence-corrected chi connectivity index (χ4v) is 3.65. The molecule has 2 aromatic carbocycles. The van der Waals surface area contributed by atoms with Crippen LogP contribution in [0.25, 0.3) is 0 Å². The summed E-state index contributed by atoms with van der Waals surface area (Å²) in [4.78, 5) is 23.3. The molecule has 0 saturated heterocycles. The number of benzene rings is 2. The molecule has 28 heavy (non-hydrogen) atoms. The summed E-state index contributed by atoms with van der Waals surface area (Å²) in [5.41, 5.74) is 4.64. The van der Waals surface area contributed by atoms with Crippen LogP contribution in [0.15, 0.2) is 36.4 Å². The fraction of sp³-hybridized carbons (Fsp3) is 0.364. The Kier molecular flexibility index (Phi) is 5.46. The fourth-order valence-electron chi connectivity index (χ4n) is 3.65. The number of amides is 2. The lowest BCUT2D eigenvalue weighted by Crippen LogP contribution is -2.32. The van der Waals surface area contributed by atoms with E-state index in [1.807, 2.05) is 18.2 Å². The van der Waals surface area contributed by atoms with Gasteiger partial charge in [-0.1, -0.05) is 6.07 Å². The van der Waals surface area contributed by atoms with Crippen LogP contribution in [0.3, 0.4) is 0 Å². The van der Waals surface area contributed by atoms with Crippen LogP contribution in [0.5, 0.6) is 11.5 Å². The lowest BCUT2D eigenvalue weighted by atomic mass is 10.0. The standard InChI is InChI=1S/C22H24N2O4/c25-21-9-5-17-13-19(7-8-20(17)24-21)28-14-22(26)23-10-11-27-18-6-4-15-2-1-3-16(15)12-18/h4,6-8,12-13H,1-3,5,9-11,14H2,(H,23,26)(H,24,25). The number of ether oxygens (including phenoxy) is 2. The van der Waals surface area contributed by atoms with Gasteiger partial charge in [0.05, 0.1) is 6.54 Å². The van der Waals surface area contributed by atoms with Crippen molar-refractivity contribution in [2.24, 2.45) is 0 Å². The highest BCUT2D eigenvalue weighted by Crippen LogP contribution is 2.27. The minimum absolute atomic E-state index is 0.0302. The number of nitrogens with one attached hydrogen (secondary N) is 2. The number of rotatable bonds is 7. The summed E-state index contributed by atoms with van der Waals surface area (Å²) in [5.74, 6) is 1.32. The molecule has 0 radical (unpaired) electrons. The maximum atomic E-state index is 12.0. The van der Waals surface area contributed by atoms with Gasteiger partial charge in [-0.25, -0.2) is 0 Å². The molecule has 1 aliphatic heterocycles. The van der Waals surface area contributed by atoms with Crippen molar-refractivity contribution in [2.75, 3.05) is 25.1 Å². The van der Waals surface area contributed by atoms with Gasteiger partial charge in [0.2, 0.25) is 5.91 Å². The zero-order chi connectivity index (χ0) is 19.3. The smallest absolute Gasteiger partial charge is 0.258 e. The Balaban J connectivity index is 1.17. The quantitative estimate of drug-likeness (QED) is 0.724. The van der Waals surface area contributed by atoms with Crippen LogP contribution in [0.4, 0.5) is 5.69 Å². The molecule has 2 aliphatic rings. The third kappa shape index (κ3) is 4.44. The molecule has 146 valence electrons. The van der Waals surface area contributed by atoms with Gasteiger partial charge in [-0.05, 0) is 72.7 Å².